The van der Waals surface area contributed by atoms with Crippen molar-refractivity contribution in [2.24, 2.45) is 0 Å². The van der Waals surface area contributed by atoms with Crippen molar-refractivity contribution in [1.82, 2.24) is 0 Å². The molecule has 0 radical (unpaired) electrons. The molecule has 0 aliphatic carbocycles. The molecule has 0 fully saturated rings. The summed E-state index contributed by atoms with van der Waals surface area (Å²) in [5.41, 5.74) is 0. The van der Waals surface area contributed by atoms with Crippen LogP contribution >= 0.6 is 11.6 Å². The van der Waals surface area contributed by atoms with Gasteiger partial charge in [-0.2, -0.15) is 0 Å². The van der Waals surface area contributed by atoms with Gasteiger partial charge in [-0.15, -0.1) is 0 Å². The van der Waals surface area contributed by atoms with Gasteiger partial charge in [0.2, 0.25) is 0 Å². The number of hydrogen-bond donors (Lipinski definition) is 0. The van der Waals surface area contributed by atoms with Crippen molar-refractivity contribution in [1.29, 1.82) is 0 Å². The Morgan fingerprint density at radius 3 is 2.80 bits per heavy atom. The van der Waals surface area contributed by atoms with Crippen LogP contribution in [0, 0.1) is 5.82 Å². The smallest absolute Gasteiger partial charge is 0.195 e. The fourth-order valence-electron chi connectivity index (χ4n) is 0.933. The van der Waals surface area contributed by atoms with Gasteiger partial charge in [0.05, 0.1) is 5.02 Å². The number of ether oxygens (including phenoxy) is 2. The van der Waals surface area contributed by atoms with Crippen LogP contribution in [0.1, 0.15) is 0 Å². The predicted octanol–water partition coefficient (Wildman–Crippen LogP) is 2.07. The lowest BCUT2D eigenvalue weighted by Gasteiger charge is -2.05. The third-order valence-corrected chi connectivity index (χ3v) is 1.90. The zero-order valence-corrected chi connectivity index (χ0v) is 8.88. The highest BCUT2D eigenvalue weighted by Crippen LogP contribution is 2.20. The Labute approximate surface area is 91.7 Å². The van der Waals surface area contributed by atoms with E-state index in [9.17, 15) is 9.18 Å². The lowest BCUT2D eigenvalue weighted by atomic mass is 10.3. The van der Waals surface area contributed by atoms with Crippen LogP contribution in [0.2, 0.25) is 5.02 Å². The van der Waals surface area contributed by atoms with E-state index in [1.165, 1.54) is 19.2 Å². The number of methoxy groups -OCH3 is 1. The molecule has 1 aromatic carbocycles. The van der Waals surface area contributed by atoms with Gasteiger partial charge < -0.3 is 9.47 Å². The first-order valence-electron chi connectivity index (χ1n) is 4.22. The second-order valence-electron chi connectivity index (χ2n) is 2.84. The molecule has 0 N–H and O–H groups in total. The molecule has 5 heteroatoms. The normalized spacial score (nSPS) is 10.1. The summed E-state index contributed by atoms with van der Waals surface area (Å²) in [5.74, 6) is -0.525. The van der Waals surface area contributed by atoms with Gasteiger partial charge in [0.15, 0.2) is 5.78 Å². The maximum absolute atomic E-state index is 12.9. The molecule has 0 heterocycles. The highest BCUT2D eigenvalue weighted by atomic mass is 35.5. The van der Waals surface area contributed by atoms with Crippen LogP contribution in [-0.2, 0) is 9.53 Å². The lowest BCUT2D eigenvalue weighted by Crippen LogP contribution is -2.16. The Balaban J connectivity index is 2.51. The first-order valence-corrected chi connectivity index (χ1v) is 4.59. The van der Waals surface area contributed by atoms with Crippen LogP contribution in [0.25, 0.3) is 0 Å². The molecule has 0 amide bonds. The maximum Gasteiger partial charge on any atom is 0.195 e. The summed E-state index contributed by atoms with van der Waals surface area (Å²) in [6, 6.07) is 3.99. The van der Waals surface area contributed by atoms with Gasteiger partial charge in [-0.1, -0.05) is 11.6 Å². The number of Topliss-reactive ketones (excluding diaryl/α,β-unsaturated/α-hetero) is 1. The molecule has 0 unspecified atom stereocenters. The zero-order chi connectivity index (χ0) is 11.3. The third-order valence-electron chi connectivity index (χ3n) is 1.60. The van der Waals surface area contributed by atoms with Crippen LogP contribution in [-0.4, -0.2) is 26.1 Å². The van der Waals surface area contributed by atoms with Crippen molar-refractivity contribution in [3.8, 4) is 5.75 Å². The summed E-state index contributed by atoms with van der Waals surface area (Å²) in [6.07, 6.45) is 0. The Hall–Kier alpha value is -1.13. The average Bonchev–Trinajstić information content (AvgIpc) is 2.20. The molecule has 0 aliphatic heterocycles. The number of carbonyl (C=O) groups excluding carboxylic acids is 1. The van der Waals surface area contributed by atoms with Gasteiger partial charge in [-0.3, -0.25) is 4.79 Å². The van der Waals surface area contributed by atoms with Crippen LogP contribution in [0.5, 0.6) is 5.75 Å². The first kappa shape index (κ1) is 11.9. The summed E-state index contributed by atoms with van der Waals surface area (Å²) < 4.78 is 22.6. The summed E-state index contributed by atoms with van der Waals surface area (Å²) in [6.45, 7) is -0.162. The van der Waals surface area contributed by atoms with Gasteiger partial charge in [0, 0.05) is 13.2 Å². The Bertz CT molecular complexity index is 355. The Kier molecular flexibility index (Phi) is 4.52. The maximum atomic E-state index is 12.9. The summed E-state index contributed by atoms with van der Waals surface area (Å²) >= 11 is 5.48. The van der Waals surface area contributed by atoms with Crippen LogP contribution in [0.15, 0.2) is 18.2 Å². The molecule has 82 valence electrons. The minimum absolute atomic E-state index is 0.0178. The standard InChI is InChI=1S/C10H10ClFO3/c1-14-5-7(13)6-15-8-2-3-9(11)10(12)4-8/h2-4H,5-6H2,1H3. The highest BCUT2D eigenvalue weighted by molar-refractivity contribution is 6.30. The predicted molar refractivity (Wildman–Crippen MR) is 53.8 cm³/mol. The number of ketones is 1. The SMILES string of the molecule is COCC(=O)COc1ccc(Cl)c(F)c1. The molecule has 0 spiro atoms. The van der Waals surface area contributed by atoms with E-state index in [2.05, 4.69) is 4.74 Å². The molecule has 0 atom stereocenters. The first-order chi connectivity index (χ1) is 7.13. The highest BCUT2D eigenvalue weighted by Gasteiger charge is 2.05. The number of rotatable bonds is 5. The number of halogens is 2. The summed E-state index contributed by atoms with van der Waals surface area (Å²) in [7, 11) is 1.42. The van der Waals surface area contributed by atoms with Gasteiger partial charge in [0.1, 0.15) is 24.8 Å². The molecule has 1 aromatic rings. The van der Waals surface area contributed by atoms with Crippen LogP contribution in [0.4, 0.5) is 4.39 Å². The van der Waals surface area contributed by atoms with Crippen molar-refractivity contribution < 1.29 is 18.7 Å². The lowest BCUT2D eigenvalue weighted by molar-refractivity contribution is -0.124. The van der Waals surface area contributed by atoms with E-state index in [-0.39, 0.29) is 29.8 Å². The zero-order valence-electron chi connectivity index (χ0n) is 8.13. The van der Waals surface area contributed by atoms with Gasteiger partial charge in [-0.05, 0) is 12.1 Å². The van der Waals surface area contributed by atoms with Crippen LogP contribution in [0.3, 0.4) is 0 Å². The fourth-order valence-corrected chi connectivity index (χ4v) is 1.05. The van der Waals surface area contributed by atoms with E-state index in [0.29, 0.717) is 0 Å². The summed E-state index contributed by atoms with van der Waals surface area (Å²) in [5, 5.41) is 0.0190. The summed E-state index contributed by atoms with van der Waals surface area (Å²) in [4.78, 5) is 11.0. The quantitative estimate of drug-likeness (QED) is 0.780. The van der Waals surface area contributed by atoms with E-state index in [1.54, 1.807) is 0 Å². The Morgan fingerprint density at radius 2 is 2.20 bits per heavy atom. The minimum Gasteiger partial charge on any atom is -0.486 e. The molecular weight excluding hydrogens is 223 g/mol. The van der Waals surface area contributed by atoms with E-state index in [4.69, 9.17) is 16.3 Å². The fraction of sp³-hybridized carbons (Fsp3) is 0.300. The molecular formula is C10H10ClFO3. The van der Waals surface area contributed by atoms with Gasteiger partial charge in [-0.25, -0.2) is 4.39 Å². The Morgan fingerprint density at radius 1 is 1.47 bits per heavy atom. The second kappa shape index (κ2) is 5.68. The van der Waals surface area contributed by atoms with Crippen molar-refractivity contribution in [3.05, 3.63) is 29.0 Å². The van der Waals surface area contributed by atoms with Crippen molar-refractivity contribution in [3.63, 3.8) is 0 Å². The van der Waals surface area contributed by atoms with E-state index in [0.717, 1.165) is 6.07 Å². The monoisotopic (exact) mass is 232 g/mol. The van der Waals surface area contributed by atoms with E-state index < -0.39 is 5.82 Å². The van der Waals surface area contributed by atoms with Crippen molar-refractivity contribution in [2.75, 3.05) is 20.3 Å². The molecule has 0 bridgehead atoms. The third kappa shape index (κ3) is 3.85. The van der Waals surface area contributed by atoms with Gasteiger partial charge in [0.25, 0.3) is 0 Å². The molecule has 0 saturated carbocycles. The second-order valence-corrected chi connectivity index (χ2v) is 3.24. The molecule has 0 saturated heterocycles. The molecule has 15 heavy (non-hydrogen) atoms. The van der Waals surface area contributed by atoms with Gasteiger partial charge >= 0.3 is 0 Å². The molecule has 0 aliphatic rings. The van der Waals surface area contributed by atoms with Crippen LogP contribution < -0.4 is 4.74 Å². The molecule has 1 rings (SSSR count). The topological polar surface area (TPSA) is 35.5 Å². The number of benzene rings is 1. The molecule has 3 nitrogen and oxygen atoms in total. The largest absolute Gasteiger partial charge is 0.486 e. The minimum atomic E-state index is -0.576. The number of hydrogen-bond acceptors (Lipinski definition) is 3. The number of carbonyl (C=O) groups is 1. The van der Waals surface area contributed by atoms with Crippen molar-refractivity contribution in [2.45, 2.75) is 0 Å². The average molecular weight is 233 g/mol. The van der Waals surface area contributed by atoms with Crippen molar-refractivity contribution >= 4 is 17.4 Å². The molecule has 0 aromatic heterocycles. The van der Waals surface area contributed by atoms with E-state index >= 15 is 0 Å². The van der Waals surface area contributed by atoms with E-state index in [1.807, 2.05) is 0 Å².